The van der Waals surface area contributed by atoms with Crippen molar-refractivity contribution in [1.82, 2.24) is 4.90 Å². The maximum absolute atomic E-state index is 11.5. The number of benzene rings is 1. The second-order valence-corrected chi connectivity index (χ2v) is 6.49. The zero-order chi connectivity index (χ0) is 15.0. The molecule has 2 fully saturated rings. The number of carbonyl (C=O) groups is 1. The van der Waals surface area contributed by atoms with Crippen LogP contribution in [0.5, 0.6) is 0 Å². The van der Waals surface area contributed by atoms with Gasteiger partial charge in [-0.3, -0.25) is 4.79 Å². The van der Waals surface area contributed by atoms with Crippen molar-refractivity contribution in [1.29, 1.82) is 0 Å². The van der Waals surface area contributed by atoms with E-state index in [9.17, 15) is 4.79 Å². The molecule has 3 rings (SSSR count). The molecule has 2 aliphatic rings. The van der Waals surface area contributed by atoms with Gasteiger partial charge in [0.15, 0.2) is 0 Å². The highest BCUT2D eigenvalue weighted by molar-refractivity contribution is 5.92. The maximum atomic E-state index is 11.5. The lowest BCUT2D eigenvalue weighted by molar-refractivity contribution is -0.165. The van der Waals surface area contributed by atoms with Crippen molar-refractivity contribution in [2.45, 2.75) is 24.9 Å². The molecular weight excluding hydrogens is 264 g/mol. The van der Waals surface area contributed by atoms with Crippen LogP contribution in [0.15, 0.2) is 24.3 Å². The molecule has 114 valence electrons. The van der Waals surface area contributed by atoms with E-state index in [-0.39, 0.29) is 11.5 Å². The highest BCUT2D eigenvalue weighted by atomic mass is 16.5. The molecule has 1 aliphatic carbocycles. The van der Waals surface area contributed by atoms with E-state index in [0.717, 1.165) is 18.7 Å². The first-order valence-corrected chi connectivity index (χ1v) is 7.72. The van der Waals surface area contributed by atoms with Crippen molar-refractivity contribution in [3.05, 3.63) is 35.4 Å². The fourth-order valence-electron chi connectivity index (χ4n) is 4.49. The number of piperidine rings is 1. The summed E-state index contributed by atoms with van der Waals surface area (Å²) in [4.78, 5) is 13.9. The summed E-state index contributed by atoms with van der Waals surface area (Å²) in [6.07, 6.45) is 3.62. The van der Waals surface area contributed by atoms with Crippen molar-refractivity contribution in [3.8, 4) is 0 Å². The Bertz CT molecular complexity index is 529. The van der Waals surface area contributed by atoms with Crippen LogP contribution in [0, 0.1) is 11.8 Å². The van der Waals surface area contributed by atoms with Gasteiger partial charge < -0.3 is 15.4 Å². The molecule has 1 aromatic rings. The number of ether oxygens (including phenoxy) is 1. The summed E-state index contributed by atoms with van der Waals surface area (Å²) < 4.78 is 6.14. The third kappa shape index (κ3) is 2.27. The number of rotatable bonds is 3. The largest absolute Gasteiger partial charge is 0.373 e. The van der Waals surface area contributed by atoms with Crippen molar-refractivity contribution in [2.75, 3.05) is 27.2 Å². The molecule has 2 atom stereocenters. The molecular formula is C17H24N2O2. The van der Waals surface area contributed by atoms with Gasteiger partial charge in [0.2, 0.25) is 5.91 Å². The van der Waals surface area contributed by atoms with Crippen LogP contribution in [0.3, 0.4) is 0 Å². The number of hydrogen-bond donors (Lipinski definition) is 1. The minimum absolute atomic E-state index is 0.268. The van der Waals surface area contributed by atoms with E-state index in [1.165, 1.54) is 19.3 Å². The monoisotopic (exact) mass is 288 g/mol. The smallest absolute Gasteiger partial charge is 0.248 e. The first-order valence-electron chi connectivity index (χ1n) is 7.72. The van der Waals surface area contributed by atoms with Crippen molar-refractivity contribution in [3.63, 3.8) is 0 Å². The molecule has 1 aromatic carbocycles. The zero-order valence-electron chi connectivity index (χ0n) is 12.8. The quantitative estimate of drug-likeness (QED) is 0.925. The van der Waals surface area contributed by atoms with E-state index in [2.05, 4.69) is 18.0 Å². The predicted octanol–water partition coefficient (Wildman–Crippen LogP) is 1.99. The molecule has 1 amide bonds. The Morgan fingerprint density at radius 2 is 2.00 bits per heavy atom. The van der Waals surface area contributed by atoms with Gasteiger partial charge in [-0.05, 0) is 37.6 Å². The second kappa shape index (κ2) is 5.43. The number of fused-ring (bicyclic) bond motifs is 2. The molecule has 1 saturated heterocycles. The SMILES string of the molecule is COC1(c2cccc(C(N)=O)c2)C2CCCC1CN(C)C2. The summed E-state index contributed by atoms with van der Waals surface area (Å²) in [6.45, 7) is 2.09. The second-order valence-electron chi connectivity index (χ2n) is 6.49. The Labute approximate surface area is 126 Å². The summed E-state index contributed by atoms with van der Waals surface area (Å²) in [7, 11) is 4.00. The summed E-state index contributed by atoms with van der Waals surface area (Å²) in [5.41, 5.74) is 6.86. The Hall–Kier alpha value is -1.39. The van der Waals surface area contributed by atoms with E-state index in [1.807, 2.05) is 19.2 Å². The zero-order valence-corrected chi connectivity index (χ0v) is 12.8. The summed E-state index contributed by atoms with van der Waals surface area (Å²) in [5, 5.41) is 0. The van der Waals surface area contributed by atoms with E-state index in [0.29, 0.717) is 17.4 Å². The molecule has 2 N–H and O–H groups in total. The number of hydrogen-bond acceptors (Lipinski definition) is 3. The Kier molecular flexibility index (Phi) is 3.76. The predicted molar refractivity (Wildman–Crippen MR) is 82.0 cm³/mol. The van der Waals surface area contributed by atoms with E-state index < -0.39 is 0 Å². The van der Waals surface area contributed by atoms with Crippen LogP contribution in [-0.4, -0.2) is 38.1 Å². The molecule has 4 heteroatoms. The highest BCUT2D eigenvalue weighted by Gasteiger charge is 2.52. The Balaban J connectivity index is 2.07. The topological polar surface area (TPSA) is 55.6 Å². The van der Waals surface area contributed by atoms with Crippen LogP contribution in [0.25, 0.3) is 0 Å². The normalized spacial score (nSPS) is 32.9. The van der Waals surface area contributed by atoms with Gasteiger partial charge in [0.05, 0.1) is 0 Å². The lowest BCUT2D eigenvalue weighted by Crippen LogP contribution is -2.58. The maximum Gasteiger partial charge on any atom is 0.248 e. The van der Waals surface area contributed by atoms with Gasteiger partial charge in [-0.15, -0.1) is 0 Å². The fraction of sp³-hybridized carbons (Fsp3) is 0.588. The third-order valence-corrected chi connectivity index (χ3v) is 5.32. The van der Waals surface area contributed by atoms with Crippen molar-refractivity contribution in [2.24, 2.45) is 17.6 Å². The minimum Gasteiger partial charge on any atom is -0.373 e. The number of primary amides is 1. The van der Waals surface area contributed by atoms with E-state index in [1.54, 1.807) is 6.07 Å². The average molecular weight is 288 g/mol. The Morgan fingerprint density at radius 3 is 2.57 bits per heavy atom. The standard InChI is InChI=1S/C17H24N2O2/c1-19-10-14-7-4-8-15(11-19)17(14,21-2)13-6-3-5-12(9-13)16(18)20/h3,5-6,9,14-15H,4,7-8,10-11H2,1-2H3,(H2,18,20). The number of methoxy groups -OCH3 is 1. The third-order valence-electron chi connectivity index (χ3n) is 5.32. The van der Waals surface area contributed by atoms with Crippen molar-refractivity contribution < 1.29 is 9.53 Å². The molecule has 1 aliphatic heterocycles. The molecule has 2 unspecified atom stereocenters. The molecule has 0 spiro atoms. The Morgan fingerprint density at radius 1 is 1.33 bits per heavy atom. The van der Waals surface area contributed by atoms with Gasteiger partial charge in [0.25, 0.3) is 0 Å². The van der Waals surface area contributed by atoms with Crippen molar-refractivity contribution >= 4 is 5.91 Å². The van der Waals surface area contributed by atoms with Gasteiger partial charge in [0.1, 0.15) is 5.60 Å². The first-order chi connectivity index (χ1) is 10.1. The fourth-order valence-corrected chi connectivity index (χ4v) is 4.49. The number of amides is 1. The number of carbonyl (C=O) groups excluding carboxylic acids is 1. The summed E-state index contributed by atoms with van der Waals surface area (Å²) >= 11 is 0. The van der Waals surface area contributed by atoms with Crippen LogP contribution in [0.1, 0.15) is 35.2 Å². The number of likely N-dealkylation sites (tertiary alicyclic amines) is 1. The molecule has 1 saturated carbocycles. The average Bonchev–Trinajstić information content (AvgIpc) is 2.46. The lowest BCUT2D eigenvalue weighted by atomic mass is 9.62. The number of nitrogens with zero attached hydrogens (tertiary/aromatic N) is 1. The van der Waals surface area contributed by atoms with Crippen LogP contribution < -0.4 is 5.73 Å². The van der Waals surface area contributed by atoms with Gasteiger partial charge >= 0.3 is 0 Å². The van der Waals surface area contributed by atoms with E-state index >= 15 is 0 Å². The van der Waals surface area contributed by atoms with Gasteiger partial charge in [-0.2, -0.15) is 0 Å². The van der Waals surface area contributed by atoms with Crippen LogP contribution in [0.2, 0.25) is 0 Å². The molecule has 21 heavy (non-hydrogen) atoms. The van der Waals surface area contributed by atoms with Crippen LogP contribution >= 0.6 is 0 Å². The summed E-state index contributed by atoms with van der Waals surface area (Å²) in [6, 6.07) is 7.72. The van der Waals surface area contributed by atoms with Gasteiger partial charge in [-0.25, -0.2) is 0 Å². The minimum atomic E-state index is -0.374. The molecule has 0 radical (unpaired) electrons. The van der Waals surface area contributed by atoms with E-state index in [4.69, 9.17) is 10.5 Å². The molecule has 4 nitrogen and oxygen atoms in total. The van der Waals surface area contributed by atoms with Crippen LogP contribution in [-0.2, 0) is 10.3 Å². The van der Waals surface area contributed by atoms with Crippen LogP contribution in [0.4, 0.5) is 0 Å². The lowest BCUT2D eigenvalue weighted by Gasteiger charge is -2.54. The highest BCUT2D eigenvalue weighted by Crippen LogP contribution is 2.51. The molecule has 0 aromatic heterocycles. The number of nitrogens with two attached hydrogens (primary N) is 1. The first kappa shape index (κ1) is 14.5. The molecule has 1 heterocycles. The van der Waals surface area contributed by atoms with Gasteiger partial charge in [-0.1, -0.05) is 18.6 Å². The summed E-state index contributed by atoms with van der Waals surface area (Å²) in [5.74, 6) is 0.576. The molecule has 2 bridgehead atoms. The van der Waals surface area contributed by atoms with Gasteiger partial charge in [0, 0.05) is 37.6 Å².